The van der Waals surface area contributed by atoms with E-state index >= 15 is 0 Å². The van der Waals surface area contributed by atoms with Crippen LogP contribution in [0.25, 0.3) is 0 Å². The number of fused-ring (bicyclic) bond motifs is 1. The number of amides is 1. The minimum absolute atomic E-state index is 0.114. The molecule has 24 heavy (non-hydrogen) atoms. The van der Waals surface area contributed by atoms with E-state index in [1.165, 1.54) is 19.3 Å². The molecule has 0 N–H and O–H groups in total. The predicted molar refractivity (Wildman–Crippen MR) is 94.1 cm³/mol. The minimum atomic E-state index is -0.415. The van der Waals surface area contributed by atoms with Crippen LogP contribution in [0.4, 0.5) is 4.79 Å². The van der Waals surface area contributed by atoms with Crippen molar-refractivity contribution in [1.29, 1.82) is 0 Å². The molecule has 2 saturated heterocycles. The van der Waals surface area contributed by atoms with E-state index in [-0.39, 0.29) is 11.5 Å². The molecule has 0 aromatic rings. The van der Waals surface area contributed by atoms with E-state index in [4.69, 9.17) is 9.47 Å². The number of hydrogen-bond acceptors (Lipinski definition) is 4. The molecule has 0 aromatic carbocycles. The van der Waals surface area contributed by atoms with Crippen LogP contribution in [0.15, 0.2) is 0 Å². The predicted octanol–water partition coefficient (Wildman–Crippen LogP) is 3.13. The summed E-state index contributed by atoms with van der Waals surface area (Å²) in [6.45, 7) is 11.0. The lowest BCUT2D eigenvalue weighted by Gasteiger charge is -2.48. The third-order valence-corrected chi connectivity index (χ3v) is 5.94. The average molecular weight is 338 g/mol. The summed E-state index contributed by atoms with van der Waals surface area (Å²) in [4.78, 5) is 17.2. The van der Waals surface area contributed by atoms with E-state index in [9.17, 15) is 4.79 Å². The van der Waals surface area contributed by atoms with E-state index in [0.717, 1.165) is 45.6 Å². The molecule has 1 saturated carbocycles. The molecule has 3 fully saturated rings. The molecule has 2 aliphatic heterocycles. The minimum Gasteiger partial charge on any atom is -0.444 e. The number of likely N-dealkylation sites (tertiary alicyclic amines) is 2. The van der Waals surface area contributed by atoms with Crippen molar-refractivity contribution >= 4 is 6.09 Å². The van der Waals surface area contributed by atoms with Crippen LogP contribution in [0.1, 0.15) is 52.9 Å². The summed E-state index contributed by atoms with van der Waals surface area (Å²) in [6.07, 6.45) is 5.93. The molecular formula is C19H34N2O3. The number of hydrogen-bond donors (Lipinski definition) is 0. The molecule has 2 atom stereocenters. The second kappa shape index (κ2) is 6.83. The standard InChI is InChI=1S/C19H34N2O3/c1-18(2,3)24-17(22)21-10-9-19(8-6-5-7-16(19)21)14-20-11-15(12-20)13-23-4/h15-16H,5-14H2,1-4H3. The van der Waals surface area contributed by atoms with Crippen molar-refractivity contribution in [2.45, 2.75) is 64.5 Å². The highest BCUT2D eigenvalue weighted by molar-refractivity contribution is 5.69. The highest BCUT2D eigenvalue weighted by Gasteiger charge is 2.52. The molecule has 2 heterocycles. The van der Waals surface area contributed by atoms with E-state index < -0.39 is 5.60 Å². The van der Waals surface area contributed by atoms with Gasteiger partial charge in [0.1, 0.15) is 5.60 Å². The first-order chi connectivity index (χ1) is 11.3. The SMILES string of the molecule is COCC1CN(CC23CCCCC2N(C(=O)OC(C)(C)C)CC3)C1. The van der Waals surface area contributed by atoms with Crippen LogP contribution in [0.3, 0.4) is 0 Å². The summed E-state index contributed by atoms with van der Waals surface area (Å²) in [6, 6.07) is 0.363. The lowest BCUT2D eigenvalue weighted by molar-refractivity contribution is -0.0227. The monoisotopic (exact) mass is 338 g/mol. The van der Waals surface area contributed by atoms with Gasteiger partial charge in [0, 0.05) is 50.7 Å². The normalized spacial score (nSPS) is 31.7. The van der Waals surface area contributed by atoms with Crippen molar-refractivity contribution in [3.05, 3.63) is 0 Å². The van der Waals surface area contributed by atoms with Crippen molar-refractivity contribution in [2.24, 2.45) is 11.3 Å². The Morgan fingerprint density at radius 3 is 2.62 bits per heavy atom. The van der Waals surface area contributed by atoms with Crippen LogP contribution in [-0.2, 0) is 9.47 Å². The maximum Gasteiger partial charge on any atom is 0.410 e. The Balaban J connectivity index is 1.63. The van der Waals surface area contributed by atoms with Crippen molar-refractivity contribution in [3.8, 4) is 0 Å². The molecule has 0 radical (unpaired) electrons. The van der Waals surface area contributed by atoms with Gasteiger partial charge in [-0.1, -0.05) is 12.8 Å². The van der Waals surface area contributed by atoms with Gasteiger partial charge >= 0.3 is 6.09 Å². The lowest BCUT2D eigenvalue weighted by atomic mass is 9.69. The smallest absolute Gasteiger partial charge is 0.410 e. The summed E-state index contributed by atoms with van der Waals surface area (Å²) < 4.78 is 10.9. The number of carbonyl (C=O) groups excluding carboxylic acids is 1. The average Bonchev–Trinajstić information content (AvgIpc) is 2.83. The van der Waals surface area contributed by atoms with Crippen molar-refractivity contribution in [2.75, 3.05) is 39.9 Å². The molecule has 2 unspecified atom stereocenters. The first-order valence-corrected chi connectivity index (χ1v) is 9.54. The largest absolute Gasteiger partial charge is 0.444 e. The first-order valence-electron chi connectivity index (χ1n) is 9.54. The van der Waals surface area contributed by atoms with Gasteiger partial charge < -0.3 is 19.3 Å². The third kappa shape index (κ3) is 3.72. The zero-order valence-corrected chi connectivity index (χ0v) is 15.8. The van der Waals surface area contributed by atoms with Gasteiger partial charge in [-0.3, -0.25) is 0 Å². The lowest BCUT2D eigenvalue weighted by Crippen LogP contribution is -2.56. The Morgan fingerprint density at radius 2 is 1.96 bits per heavy atom. The topological polar surface area (TPSA) is 42.0 Å². The number of carbonyl (C=O) groups is 1. The summed E-state index contributed by atoms with van der Waals surface area (Å²) >= 11 is 0. The van der Waals surface area contributed by atoms with E-state index in [0.29, 0.717) is 12.0 Å². The van der Waals surface area contributed by atoms with Gasteiger partial charge in [-0.05, 0) is 40.0 Å². The number of nitrogens with zero attached hydrogens (tertiary/aromatic N) is 2. The van der Waals surface area contributed by atoms with Crippen LogP contribution in [0, 0.1) is 11.3 Å². The van der Waals surface area contributed by atoms with E-state index in [1.54, 1.807) is 7.11 Å². The van der Waals surface area contributed by atoms with Gasteiger partial charge in [-0.25, -0.2) is 4.79 Å². The Kier molecular flexibility index (Phi) is 5.12. The van der Waals surface area contributed by atoms with Crippen molar-refractivity contribution < 1.29 is 14.3 Å². The Bertz CT molecular complexity index is 456. The number of rotatable bonds is 4. The Morgan fingerprint density at radius 1 is 1.21 bits per heavy atom. The van der Waals surface area contributed by atoms with Gasteiger partial charge in [0.05, 0.1) is 6.61 Å². The van der Waals surface area contributed by atoms with Gasteiger partial charge in [0.15, 0.2) is 0 Å². The molecule has 3 aliphatic rings. The quantitative estimate of drug-likeness (QED) is 0.790. The van der Waals surface area contributed by atoms with Gasteiger partial charge in [-0.2, -0.15) is 0 Å². The molecule has 3 rings (SSSR count). The summed E-state index contributed by atoms with van der Waals surface area (Å²) in [5.74, 6) is 0.691. The number of methoxy groups -OCH3 is 1. The molecule has 1 aliphatic carbocycles. The fraction of sp³-hybridized carbons (Fsp3) is 0.947. The van der Waals surface area contributed by atoms with Crippen LogP contribution >= 0.6 is 0 Å². The van der Waals surface area contributed by atoms with Crippen LogP contribution in [0.5, 0.6) is 0 Å². The molecule has 0 bridgehead atoms. The summed E-state index contributed by atoms with van der Waals surface area (Å²) in [7, 11) is 1.79. The summed E-state index contributed by atoms with van der Waals surface area (Å²) in [5.41, 5.74) is -0.130. The van der Waals surface area contributed by atoms with Crippen molar-refractivity contribution in [1.82, 2.24) is 9.80 Å². The first kappa shape index (κ1) is 18.0. The molecule has 138 valence electrons. The molecular weight excluding hydrogens is 304 g/mol. The highest BCUT2D eigenvalue weighted by atomic mass is 16.6. The van der Waals surface area contributed by atoms with Crippen LogP contribution in [0.2, 0.25) is 0 Å². The molecule has 5 nitrogen and oxygen atoms in total. The molecule has 5 heteroatoms. The van der Waals surface area contributed by atoms with E-state index in [2.05, 4.69) is 4.90 Å². The second-order valence-corrected chi connectivity index (χ2v) is 9.06. The molecule has 0 spiro atoms. The third-order valence-electron chi connectivity index (χ3n) is 5.94. The zero-order chi connectivity index (χ0) is 17.4. The fourth-order valence-corrected chi connectivity index (χ4v) is 4.96. The number of ether oxygens (including phenoxy) is 2. The van der Waals surface area contributed by atoms with Gasteiger partial charge in [-0.15, -0.1) is 0 Å². The van der Waals surface area contributed by atoms with Gasteiger partial charge in [0.25, 0.3) is 0 Å². The van der Waals surface area contributed by atoms with E-state index in [1.807, 2.05) is 25.7 Å². The molecule has 1 amide bonds. The fourth-order valence-electron chi connectivity index (χ4n) is 4.96. The second-order valence-electron chi connectivity index (χ2n) is 9.06. The maximum absolute atomic E-state index is 12.6. The molecule has 0 aromatic heterocycles. The van der Waals surface area contributed by atoms with Crippen LogP contribution in [-0.4, -0.2) is 67.4 Å². The van der Waals surface area contributed by atoms with Gasteiger partial charge in [0.2, 0.25) is 0 Å². The summed E-state index contributed by atoms with van der Waals surface area (Å²) in [5, 5.41) is 0. The maximum atomic E-state index is 12.6. The van der Waals surface area contributed by atoms with Crippen molar-refractivity contribution in [3.63, 3.8) is 0 Å². The zero-order valence-electron chi connectivity index (χ0n) is 15.8. The Labute approximate surface area is 146 Å². The highest BCUT2D eigenvalue weighted by Crippen LogP contribution is 2.48. The van der Waals surface area contributed by atoms with Crippen LogP contribution < -0.4 is 0 Å². The Hall–Kier alpha value is -0.810.